The minimum absolute atomic E-state index is 0.0316. The molecule has 3 heterocycles. The van der Waals surface area contributed by atoms with E-state index in [2.05, 4.69) is 9.97 Å². The Morgan fingerprint density at radius 2 is 1.83 bits per heavy atom. The number of non-ortho nitro benzene ring substituents is 1. The van der Waals surface area contributed by atoms with Gasteiger partial charge in [-0.2, -0.15) is 0 Å². The summed E-state index contributed by atoms with van der Waals surface area (Å²) in [6, 6.07) is 8.79. The second kappa shape index (κ2) is 7.24. The molecule has 4 rings (SSSR count). The Kier molecular flexibility index (Phi) is 4.59. The highest BCUT2D eigenvalue weighted by Crippen LogP contribution is 2.41. The Morgan fingerprint density at radius 1 is 1.17 bits per heavy atom. The van der Waals surface area contributed by atoms with Crippen LogP contribution in [-0.4, -0.2) is 31.7 Å². The smallest absolute Gasteiger partial charge is 0.296 e. The third-order valence-corrected chi connectivity index (χ3v) is 4.60. The number of carbonyl (C=O) groups excluding carboxylic acids is 2. The Labute approximate surface area is 169 Å². The van der Waals surface area contributed by atoms with Gasteiger partial charge in [-0.3, -0.25) is 24.6 Å². The van der Waals surface area contributed by atoms with Crippen LogP contribution in [0.1, 0.15) is 27.9 Å². The molecule has 0 aliphatic carbocycles. The van der Waals surface area contributed by atoms with Gasteiger partial charge in [-0.1, -0.05) is 0 Å². The Bertz CT molecular complexity index is 1180. The number of amides is 1. The summed E-state index contributed by atoms with van der Waals surface area (Å²) in [5.74, 6) is -1.91. The SMILES string of the molecule is Cc1ccc(C(=O)C2=C(O)C(=O)N(c3ncccn3)[C@H]2c2ccc([N+](=O)[O-])cc2)o1. The summed E-state index contributed by atoms with van der Waals surface area (Å²) < 4.78 is 5.37. The molecule has 1 N–H and O–H groups in total. The van der Waals surface area contributed by atoms with Crippen LogP contribution in [0.3, 0.4) is 0 Å². The van der Waals surface area contributed by atoms with Crippen molar-refractivity contribution in [2.45, 2.75) is 13.0 Å². The number of benzene rings is 1. The van der Waals surface area contributed by atoms with Gasteiger partial charge in [0.05, 0.1) is 16.5 Å². The van der Waals surface area contributed by atoms with Crippen molar-refractivity contribution >= 4 is 23.3 Å². The van der Waals surface area contributed by atoms with Crippen LogP contribution in [0.2, 0.25) is 0 Å². The van der Waals surface area contributed by atoms with E-state index in [4.69, 9.17) is 4.42 Å². The van der Waals surface area contributed by atoms with Crippen molar-refractivity contribution in [3.05, 3.63) is 93.4 Å². The number of hydrogen-bond donors (Lipinski definition) is 1. The zero-order valence-electron chi connectivity index (χ0n) is 15.6. The standard InChI is InChI=1S/C20H14N4O6/c1-11-3-8-14(30-11)17(25)15-16(12-4-6-13(7-5-12)24(28)29)23(19(27)18(15)26)20-21-9-2-10-22-20/h2-10,16,26H,1H3/t16-/m0/s1. The molecule has 1 atom stereocenters. The number of furan rings is 1. The molecular formula is C20H14N4O6. The number of Topliss-reactive ketones (excluding diaryl/α,β-unsaturated/α-hetero) is 1. The summed E-state index contributed by atoms with van der Waals surface area (Å²) in [7, 11) is 0. The normalized spacial score (nSPS) is 16.2. The average Bonchev–Trinajstić information content (AvgIpc) is 3.30. The molecule has 150 valence electrons. The van der Waals surface area contributed by atoms with Gasteiger partial charge in [-0.05, 0) is 42.8 Å². The number of aromatic nitrogens is 2. The fourth-order valence-corrected chi connectivity index (χ4v) is 3.24. The molecule has 0 bridgehead atoms. The van der Waals surface area contributed by atoms with Gasteiger partial charge in [0.1, 0.15) is 5.76 Å². The van der Waals surface area contributed by atoms with Gasteiger partial charge in [0, 0.05) is 24.5 Å². The molecule has 3 aromatic rings. The number of aliphatic hydroxyl groups excluding tert-OH is 1. The summed E-state index contributed by atoms with van der Waals surface area (Å²) in [5.41, 5.74) is -0.0268. The lowest BCUT2D eigenvalue weighted by molar-refractivity contribution is -0.384. The summed E-state index contributed by atoms with van der Waals surface area (Å²) in [6.07, 6.45) is 2.82. The Morgan fingerprint density at radius 3 is 2.40 bits per heavy atom. The van der Waals surface area contributed by atoms with Crippen molar-refractivity contribution in [2.75, 3.05) is 4.90 Å². The van der Waals surface area contributed by atoms with Crippen LogP contribution in [0.25, 0.3) is 0 Å². The summed E-state index contributed by atoms with van der Waals surface area (Å²) >= 11 is 0. The van der Waals surface area contributed by atoms with Crippen LogP contribution >= 0.6 is 0 Å². The van der Waals surface area contributed by atoms with Crippen molar-refractivity contribution in [1.29, 1.82) is 0 Å². The molecule has 1 aliphatic rings. The van der Waals surface area contributed by atoms with E-state index in [0.29, 0.717) is 11.3 Å². The third-order valence-electron chi connectivity index (χ3n) is 4.60. The number of nitro groups is 1. The molecule has 2 aromatic heterocycles. The summed E-state index contributed by atoms with van der Waals surface area (Å²) in [6.45, 7) is 1.66. The molecular weight excluding hydrogens is 392 g/mol. The van der Waals surface area contributed by atoms with E-state index < -0.39 is 28.4 Å². The van der Waals surface area contributed by atoms with E-state index in [9.17, 15) is 24.8 Å². The number of aryl methyl sites for hydroxylation is 1. The number of hydrogen-bond acceptors (Lipinski definition) is 8. The van der Waals surface area contributed by atoms with E-state index in [1.54, 1.807) is 19.1 Å². The maximum absolute atomic E-state index is 13.1. The van der Waals surface area contributed by atoms with Gasteiger partial charge in [-0.15, -0.1) is 0 Å². The molecule has 30 heavy (non-hydrogen) atoms. The van der Waals surface area contributed by atoms with Crippen LogP contribution in [0.4, 0.5) is 11.6 Å². The predicted octanol–water partition coefficient (Wildman–Crippen LogP) is 3.07. The van der Waals surface area contributed by atoms with E-state index in [-0.39, 0.29) is 23.0 Å². The molecule has 10 heteroatoms. The lowest BCUT2D eigenvalue weighted by Gasteiger charge is -2.24. The molecule has 0 saturated heterocycles. The number of aliphatic hydroxyl groups is 1. The second-order valence-corrected chi connectivity index (χ2v) is 6.48. The topological polar surface area (TPSA) is 140 Å². The number of rotatable bonds is 5. The van der Waals surface area contributed by atoms with Crippen molar-refractivity contribution < 1.29 is 24.0 Å². The van der Waals surface area contributed by atoms with Crippen LogP contribution < -0.4 is 4.90 Å². The molecule has 1 aliphatic heterocycles. The molecule has 0 saturated carbocycles. The fourth-order valence-electron chi connectivity index (χ4n) is 3.24. The molecule has 10 nitrogen and oxygen atoms in total. The maximum Gasteiger partial charge on any atom is 0.296 e. The van der Waals surface area contributed by atoms with Gasteiger partial charge in [-0.25, -0.2) is 9.97 Å². The lowest BCUT2D eigenvalue weighted by atomic mass is 9.95. The number of nitrogens with zero attached hydrogens (tertiary/aromatic N) is 4. The Hall–Kier alpha value is -4.34. The second-order valence-electron chi connectivity index (χ2n) is 6.48. The molecule has 0 unspecified atom stereocenters. The monoisotopic (exact) mass is 406 g/mol. The van der Waals surface area contributed by atoms with E-state index >= 15 is 0 Å². The molecule has 1 amide bonds. The predicted molar refractivity (Wildman–Crippen MR) is 103 cm³/mol. The first-order valence-electron chi connectivity index (χ1n) is 8.77. The van der Waals surface area contributed by atoms with Gasteiger partial charge < -0.3 is 9.52 Å². The minimum Gasteiger partial charge on any atom is -0.503 e. The van der Waals surface area contributed by atoms with E-state index in [1.807, 2.05) is 0 Å². The minimum atomic E-state index is -1.10. The third kappa shape index (κ3) is 3.09. The lowest BCUT2D eigenvalue weighted by Crippen LogP contribution is -2.32. The zero-order valence-corrected chi connectivity index (χ0v) is 15.6. The van der Waals surface area contributed by atoms with E-state index in [1.165, 1.54) is 42.7 Å². The zero-order chi connectivity index (χ0) is 21.4. The van der Waals surface area contributed by atoms with Crippen molar-refractivity contribution in [1.82, 2.24) is 9.97 Å². The van der Waals surface area contributed by atoms with Gasteiger partial charge in [0.15, 0.2) is 11.5 Å². The first kappa shape index (κ1) is 19.0. The first-order chi connectivity index (χ1) is 14.4. The van der Waals surface area contributed by atoms with Crippen molar-refractivity contribution in [2.24, 2.45) is 0 Å². The highest BCUT2D eigenvalue weighted by atomic mass is 16.6. The fraction of sp³-hybridized carbons (Fsp3) is 0.100. The molecule has 0 fully saturated rings. The number of ketones is 1. The molecule has 0 spiro atoms. The van der Waals surface area contributed by atoms with Crippen LogP contribution in [-0.2, 0) is 4.79 Å². The van der Waals surface area contributed by atoms with Crippen molar-refractivity contribution in [3.8, 4) is 0 Å². The number of anilines is 1. The van der Waals surface area contributed by atoms with Gasteiger partial charge in [0.25, 0.3) is 11.6 Å². The van der Waals surface area contributed by atoms with Crippen LogP contribution in [0, 0.1) is 17.0 Å². The number of nitro benzene ring substituents is 1. The highest BCUT2D eigenvalue weighted by molar-refractivity contribution is 6.19. The van der Waals surface area contributed by atoms with Gasteiger partial charge in [0.2, 0.25) is 11.7 Å². The van der Waals surface area contributed by atoms with Crippen molar-refractivity contribution in [3.63, 3.8) is 0 Å². The summed E-state index contributed by atoms with van der Waals surface area (Å²) in [5, 5.41) is 21.6. The number of carbonyl (C=O) groups is 2. The largest absolute Gasteiger partial charge is 0.503 e. The molecule has 1 aromatic carbocycles. The quantitative estimate of drug-likeness (QED) is 0.387. The average molecular weight is 406 g/mol. The van der Waals surface area contributed by atoms with Crippen LogP contribution in [0.15, 0.2) is 70.6 Å². The highest BCUT2D eigenvalue weighted by Gasteiger charge is 2.46. The van der Waals surface area contributed by atoms with Gasteiger partial charge >= 0.3 is 0 Å². The Balaban J connectivity index is 1.86. The maximum atomic E-state index is 13.1. The first-order valence-corrected chi connectivity index (χ1v) is 8.77. The molecule has 0 radical (unpaired) electrons. The van der Waals surface area contributed by atoms with E-state index in [0.717, 1.165) is 4.90 Å². The van der Waals surface area contributed by atoms with Crippen LogP contribution in [0.5, 0.6) is 0 Å². The summed E-state index contributed by atoms with van der Waals surface area (Å²) in [4.78, 5) is 45.6.